The zero-order chi connectivity index (χ0) is 23.5. The maximum atomic E-state index is 11.0. The first-order chi connectivity index (χ1) is 16.5. The molecule has 0 bridgehead atoms. The molecule has 0 saturated heterocycles. The van der Waals surface area contributed by atoms with Crippen molar-refractivity contribution in [1.82, 2.24) is 15.2 Å². The topological polar surface area (TPSA) is 93.8 Å². The molecule has 0 saturated carbocycles. The summed E-state index contributed by atoms with van der Waals surface area (Å²) in [5.41, 5.74) is 5.02. The van der Waals surface area contributed by atoms with Gasteiger partial charge in [-0.3, -0.25) is 10.1 Å². The number of non-ortho nitro benzene ring substituents is 1. The number of rotatable bonds is 6. The number of hydrogen-bond acceptors (Lipinski definition) is 7. The van der Waals surface area contributed by atoms with E-state index >= 15 is 0 Å². The maximum absolute atomic E-state index is 11.0. The zero-order valence-corrected chi connectivity index (χ0v) is 19.1. The normalized spacial score (nSPS) is 10.7. The van der Waals surface area contributed by atoms with Crippen LogP contribution in [0.1, 0.15) is 0 Å². The van der Waals surface area contributed by atoms with Gasteiger partial charge in [-0.2, -0.15) is 0 Å². The number of nitro benzene ring substituents is 1. The van der Waals surface area contributed by atoms with Gasteiger partial charge in [-0.15, -0.1) is 21.5 Å². The molecule has 0 unspecified atom stereocenters. The van der Waals surface area contributed by atoms with Gasteiger partial charge in [-0.25, -0.2) is 4.98 Å². The number of anilines is 2. The lowest BCUT2D eigenvalue weighted by atomic mass is 10.1. The molecule has 5 rings (SSSR count). The Labute approximate surface area is 203 Å². The van der Waals surface area contributed by atoms with Crippen LogP contribution in [0.5, 0.6) is 0 Å². The predicted octanol–water partition coefficient (Wildman–Crippen LogP) is 7.24. The molecule has 34 heavy (non-hydrogen) atoms. The summed E-state index contributed by atoms with van der Waals surface area (Å²) in [6, 6.07) is 25.4. The molecule has 7 nitrogen and oxygen atoms in total. The minimum absolute atomic E-state index is 0.0157. The number of hydrogen-bond donors (Lipinski definition) is 1. The van der Waals surface area contributed by atoms with E-state index < -0.39 is 4.92 Å². The molecule has 5 aromatic rings. The van der Waals surface area contributed by atoms with Crippen LogP contribution in [0, 0.1) is 10.1 Å². The van der Waals surface area contributed by atoms with Crippen LogP contribution in [0.15, 0.2) is 90.3 Å². The van der Waals surface area contributed by atoms with Crippen LogP contribution in [0.3, 0.4) is 0 Å². The zero-order valence-electron chi connectivity index (χ0n) is 17.6. The Balaban J connectivity index is 1.28. The van der Waals surface area contributed by atoms with E-state index in [9.17, 15) is 10.1 Å². The second-order valence-electron chi connectivity index (χ2n) is 7.36. The SMILES string of the molecule is O=[N+]([O-])c1cccc(-c2ccc(Nc3ccc(-c4csc(-c5ccc(Cl)cc5)n4)cc3)nn2)c1. The Morgan fingerprint density at radius 3 is 2.29 bits per heavy atom. The summed E-state index contributed by atoms with van der Waals surface area (Å²) < 4.78 is 0. The number of nitrogens with zero attached hydrogens (tertiary/aromatic N) is 4. The lowest BCUT2D eigenvalue weighted by molar-refractivity contribution is -0.384. The van der Waals surface area contributed by atoms with Gasteiger partial charge in [0.1, 0.15) is 5.01 Å². The fraction of sp³-hybridized carbons (Fsp3) is 0. The van der Waals surface area contributed by atoms with Crippen LogP contribution in [0.2, 0.25) is 5.02 Å². The van der Waals surface area contributed by atoms with E-state index in [0.717, 1.165) is 27.5 Å². The first-order valence-corrected chi connectivity index (χ1v) is 11.5. The Kier molecular flexibility index (Phi) is 5.99. The molecule has 0 atom stereocenters. The minimum atomic E-state index is -0.430. The molecule has 2 aromatic heterocycles. The van der Waals surface area contributed by atoms with E-state index in [4.69, 9.17) is 16.6 Å². The van der Waals surface area contributed by atoms with Gasteiger partial charge in [0.25, 0.3) is 5.69 Å². The van der Waals surface area contributed by atoms with Gasteiger partial charge in [-0.05, 0) is 36.4 Å². The Hall–Kier alpha value is -4.14. The highest BCUT2D eigenvalue weighted by Gasteiger charge is 2.10. The maximum Gasteiger partial charge on any atom is 0.270 e. The molecule has 2 heterocycles. The number of halogens is 1. The van der Waals surface area contributed by atoms with Crippen molar-refractivity contribution in [3.63, 3.8) is 0 Å². The van der Waals surface area contributed by atoms with Crippen molar-refractivity contribution in [1.29, 1.82) is 0 Å². The third-order valence-corrected chi connectivity index (χ3v) is 6.21. The lowest BCUT2D eigenvalue weighted by Gasteiger charge is -2.07. The van der Waals surface area contributed by atoms with E-state index in [1.54, 1.807) is 35.6 Å². The molecule has 0 radical (unpaired) electrons. The van der Waals surface area contributed by atoms with Crippen molar-refractivity contribution < 1.29 is 4.92 Å². The predicted molar refractivity (Wildman–Crippen MR) is 135 cm³/mol. The monoisotopic (exact) mass is 485 g/mol. The van der Waals surface area contributed by atoms with Crippen molar-refractivity contribution in [3.05, 3.63) is 105 Å². The molecule has 0 fully saturated rings. The van der Waals surface area contributed by atoms with Crippen LogP contribution in [-0.2, 0) is 0 Å². The Morgan fingerprint density at radius 1 is 0.824 bits per heavy atom. The van der Waals surface area contributed by atoms with Gasteiger partial charge < -0.3 is 5.32 Å². The third kappa shape index (κ3) is 4.78. The first-order valence-electron chi connectivity index (χ1n) is 10.2. The summed E-state index contributed by atoms with van der Waals surface area (Å²) in [5.74, 6) is 0.570. The largest absolute Gasteiger partial charge is 0.339 e. The Bertz CT molecular complexity index is 1450. The average molecular weight is 486 g/mol. The number of nitro groups is 1. The van der Waals surface area contributed by atoms with Crippen LogP contribution < -0.4 is 5.32 Å². The van der Waals surface area contributed by atoms with Gasteiger partial charge in [-0.1, -0.05) is 48.0 Å². The average Bonchev–Trinajstić information content (AvgIpc) is 3.36. The molecule has 0 aliphatic carbocycles. The highest BCUT2D eigenvalue weighted by Crippen LogP contribution is 2.30. The van der Waals surface area contributed by atoms with E-state index in [0.29, 0.717) is 22.1 Å². The van der Waals surface area contributed by atoms with Gasteiger partial charge in [0.15, 0.2) is 5.82 Å². The van der Waals surface area contributed by atoms with Crippen molar-refractivity contribution >= 4 is 40.1 Å². The quantitative estimate of drug-likeness (QED) is 0.201. The molecular weight excluding hydrogens is 470 g/mol. The standard InChI is InChI=1S/C25H16ClN5O2S/c26-19-8-4-17(5-9-19)25-28-23(15-34-25)16-6-10-20(11-7-16)27-24-13-12-22(29-30-24)18-2-1-3-21(14-18)31(32)33/h1-15H,(H,27,30). The minimum Gasteiger partial charge on any atom is -0.339 e. The van der Waals surface area contributed by atoms with E-state index in [-0.39, 0.29) is 5.69 Å². The molecule has 9 heteroatoms. The van der Waals surface area contributed by atoms with Crippen molar-refractivity contribution in [3.8, 4) is 33.1 Å². The van der Waals surface area contributed by atoms with Gasteiger partial charge in [0.05, 0.1) is 16.3 Å². The number of nitrogens with one attached hydrogen (secondary N) is 1. The summed E-state index contributed by atoms with van der Waals surface area (Å²) in [6.07, 6.45) is 0. The van der Waals surface area contributed by atoms with Crippen molar-refractivity contribution in [2.24, 2.45) is 0 Å². The second-order valence-corrected chi connectivity index (χ2v) is 8.65. The molecule has 3 aromatic carbocycles. The van der Waals surface area contributed by atoms with Gasteiger partial charge in [0.2, 0.25) is 0 Å². The fourth-order valence-electron chi connectivity index (χ4n) is 3.34. The highest BCUT2D eigenvalue weighted by molar-refractivity contribution is 7.13. The van der Waals surface area contributed by atoms with Gasteiger partial charge >= 0.3 is 0 Å². The van der Waals surface area contributed by atoms with Crippen LogP contribution in [-0.4, -0.2) is 20.1 Å². The van der Waals surface area contributed by atoms with Crippen molar-refractivity contribution in [2.75, 3.05) is 5.32 Å². The summed E-state index contributed by atoms with van der Waals surface area (Å²) in [7, 11) is 0. The smallest absolute Gasteiger partial charge is 0.270 e. The Morgan fingerprint density at radius 2 is 1.59 bits per heavy atom. The second kappa shape index (κ2) is 9.38. The molecule has 0 amide bonds. The van der Waals surface area contributed by atoms with E-state index in [1.807, 2.05) is 53.9 Å². The first kappa shape index (κ1) is 21.7. The summed E-state index contributed by atoms with van der Waals surface area (Å²) >= 11 is 7.56. The molecule has 0 spiro atoms. The van der Waals surface area contributed by atoms with Crippen LogP contribution >= 0.6 is 22.9 Å². The summed E-state index contributed by atoms with van der Waals surface area (Å²) in [5, 5.41) is 26.3. The third-order valence-electron chi connectivity index (χ3n) is 5.07. The highest BCUT2D eigenvalue weighted by atomic mass is 35.5. The number of benzene rings is 3. The lowest BCUT2D eigenvalue weighted by Crippen LogP contribution is -1.97. The molecule has 1 N–H and O–H groups in total. The number of aromatic nitrogens is 3. The number of thiazole rings is 1. The molecule has 0 aliphatic heterocycles. The summed E-state index contributed by atoms with van der Waals surface area (Å²) in [6.45, 7) is 0. The fourth-order valence-corrected chi connectivity index (χ4v) is 4.30. The molecule has 166 valence electrons. The van der Waals surface area contributed by atoms with Crippen LogP contribution in [0.25, 0.3) is 33.1 Å². The van der Waals surface area contributed by atoms with E-state index in [2.05, 4.69) is 15.5 Å². The van der Waals surface area contributed by atoms with E-state index in [1.165, 1.54) is 12.1 Å². The molecular formula is C25H16ClN5O2S. The molecule has 0 aliphatic rings. The summed E-state index contributed by atoms with van der Waals surface area (Å²) in [4.78, 5) is 15.3. The van der Waals surface area contributed by atoms with Gasteiger partial charge in [0, 0.05) is 44.9 Å². The van der Waals surface area contributed by atoms with Crippen LogP contribution in [0.4, 0.5) is 17.2 Å². The van der Waals surface area contributed by atoms with Crippen molar-refractivity contribution in [2.45, 2.75) is 0 Å².